The number of piperidine rings is 1. The van der Waals surface area contributed by atoms with E-state index in [1.807, 2.05) is 6.26 Å². The topological polar surface area (TPSA) is 27.0 Å². The molecule has 0 aromatic heterocycles. The second-order valence-corrected chi connectivity index (χ2v) is 6.42. The molecule has 1 aromatic rings. The van der Waals surface area contributed by atoms with Crippen molar-refractivity contribution in [2.45, 2.75) is 24.1 Å². The average Bonchev–Trinajstić information content (AvgIpc) is 2.44. The van der Waals surface area contributed by atoms with Crippen molar-refractivity contribution in [2.24, 2.45) is 0 Å². The summed E-state index contributed by atoms with van der Waals surface area (Å²) in [5.41, 5.74) is 0.815. The van der Waals surface area contributed by atoms with Crippen LogP contribution in [0.2, 0.25) is 5.02 Å². The number of rotatable bonds is 3. The van der Waals surface area contributed by atoms with Gasteiger partial charge in [-0.2, -0.15) is 5.26 Å². The number of benzene rings is 1. The van der Waals surface area contributed by atoms with E-state index >= 15 is 0 Å². The van der Waals surface area contributed by atoms with Gasteiger partial charge in [-0.05, 0) is 42.9 Å². The fourth-order valence-corrected chi connectivity index (χ4v) is 3.20. The normalized spacial score (nSPS) is 19.1. The van der Waals surface area contributed by atoms with E-state index in [0.717, 1.165) is 31.5 Å². The van der Waals surface area contributed by atoms with Crippen molar-refractivity contribution in [3.8, 4) is 6.07 Å². The Balaban J connectivity index is 2.00. The quantitative estimate of drug-likeness (QED) is 0.851. The highest BCUT2D eigenvalue weighted by atomic mass is 35.5. The summed E-state index contributed by atoms with van der Waals surface area (Å²) in [4.78, 5) is 2.23. The average molecular weight is 299 g/mol. The lowest BCUT2D eigenvalue weighted by Crippen LogP contribution is -2.41. The van der Waals surface area contributed by atoms with E-state index in [1.54, 1.807) is 17.8 Å². The van der Waals surface area contributed by atoms with Crippen LogP contribution in [0.4, 0.5) is 4.39 Å². The lowest BCUT2D eigenvalue weighted by molar-refractivity contribution is 0.209. The Labute approximate surface area is 122 Å². The van der Waals surface area contributed by atoms with Gasteiger partial charge in [0.15, 0.2) is 0 Å². The van der Waals surface area contributed by atoms with Gasteiger partial charge in [-0.25, -0.2) is 4.39 Å². The summed E-state index contributed by atoms with van der Waals surface area (Å²) in [6.45, 7) is 2.34. The highest BCUT2D eigenvalue weighted by Crippen LogP contribution is 2.34. The Morgan fingerprint density at radius 2 is 2.16 bits per heavy atom. The van der Waals surface area contributed by atoms with Gasteiger partial charge in [-0.1, -0.05) is 11.6 Å². The van der Waals surface area contributed by atoms with E-state index in [2.05, 4.69) is 11.0 Å². The molecule has 0 N–H and O–H groups in total. The number of thioether (sulfide) groups is 1. The van der Waals surface area contributed by atoms with Crippen LogP contribution in [0.15, 0.2) is 18.2 Å². The molecule has 1 aliphatic rings. The van der Waals surface area contributed by atoms with Crippen LogP contribution in [-0.4, -0.2) is 29.0 Å². The molecule has 2 nitrogen and oxygen atoms in total. The molecule has 19 heavy (non-hydrogen) atoms. The van der Waals surface area contributed by atoms with Crippen molar-refractivity contribution in [3.05, 3.63) is 34.6 Å². The SMILES string of the molecule is CSC1(C#N)CCN(Cc2cc(F)ccc2Cl)CC1. The molecule has 0 bridgehead atoms. The molecule has 1 saturated heterocycles. The van der Waals surface area contributed by atoms with Crippen LogP contribution in [0.5, 0.6) is 0 Å². The maximum Gasteiger partial charge on any atom is 0.123 e. The molecule has 0 spiro atoms. The Bertz CT molecular complexity index is 493. The zero-order chi connectivity index (χ0) is 13.9. The highest BCUT2D eigenvalue weighted by Gasteiger charge is 2.33. The Morgan fingerprint density at radius 1 is 1.47 bits per heavy atom. The zero-order valence-corrected chi connectivity index (χ0v) is 12.4. The number of hydrogen-bond donors (Lipinski definition) is 0. The summed E-state index contributed by atoms with van der Waals surface area (Å²) < 4.78 is 13.0. The van der Waals surface area contributed by atoms with Crippen LogP contribution in [0, 0.1) is 17.1 Å². The van der Waals surface area contributed by atoms with Gasteiger partial charge >= 0.3 is 0 Å². The van der Waals surface area contributed by atoms with Gasteiger partial charge in [0.05, 0.1) is 6.07 Å². The number of nitriles is 1. The lowest BCUT2D eigenvalue weighted by Gasteiger charge is -2.36. The van der Waals surface area contributed by atoms with E-state index in [9.17, 15) is 9.65 Å². The van der Waals surface area contributed by atoms with Gasteiger partial charge in [0.25, 0.3) is 0 Å². The monoisotopic (exact) mass is 298 g/mol. The number of hydrogen-bond acceptors (Lipinski definition) is 3. The standard InChI is InChI=1S/C14H16ClFN2S/c1-19-14(10-17)4-6-18(7-5-14)9-11-8-12(16)2-3-13(11)15/h2-3,8H,4-7,9H2,1H3. The molecular formula is C14H16ClFN2S. The summed E-state index contributed by atoms with van der Waals surface area (Å²) in [7, 11) is 0. The van der Waals surface area contributed by atoms with E-state index in [1.165, 1.54) is 12.1 Å². The first-order valence-electron chi connectivity index (χ1n) is 6.21. The minimum Gasteiger partial charge on any atom is -0.299 e. The third-order valence-electron chi connectivity index (χ3n) is 3.66. The number of likely N-dealkylation sites (tertiary alicyclic amines) is 1. The predicted molar refractivity (Wildman–Crippen MR) is 77.8 cm³/mol. The largest absolute Gasteiger partial charge is 0.299 e. The van der Waals surface area contributed by atoms with Gasteiger partial charge in [-0.3, -0.25) is 4.90 Å². The molecule has 5 heteroatoms. The molecule has 0 radical (unpaired) electrons. The first-order valence-corrected chi connectivity index (χ1v) is 7.81. The molecular weight excluding hydrogens is 283 g/mol. The second kappa shape index (κ2) is 6.13. The molecule has 1 aromatic carbocycles. The van der Waals surface area contributed by atoms with Crippen molar-refractivity contribution in [2.75, 3.05) is 19.3 Å². The summed E-state index contributed by atoms with van der Waals surface area (Å²) >= 11 is 7.71. The number of nitrogens with zero attached hydrogens (tertiary/aromatic N) is 2. The molecule has 1 fully saturated rings. The van der Waals surface area contributed by atoms with E-state index in [0.29, 0.717) is 11.6 Å². The third kappa shape index (κ3) is 3.42. The van der Waals surface area contributed by atoms with E-state index in [-0.39, 0.29) is 10.6 Å². The van der Waals surface area contributed by atoms with Gasteiger partial charge in [-0.15, -0.1) is 11.8 Å². The first kappa shape index (κ1) is 14.6. The predicted octanol–water partition coefficient (Wildman–Crippen LogP) is 3.70. The van der Waals surface area contributed by atoms with Gasteiger partial charge < -0.3 is 0 Å². The highest BCUT2D eigenvalue weighted by molar-refractivity contribution is 8.00. The Hall–Kier alpha value is -0.760. The van der Waals surface area contributed by atoms with Crippen LogP contribution in [-0.2, 0) is 6.54 Å². The van der Waals surface area contributed by atoms with Crippen LogP contribution in [0.1, 0.15) is 18.4 Å². The van der Waals surface area contributed by atoms with Crippen molar-refractivity contribution < 1.29 is 4.39 Å². The van der Waals surface area contributed by atoms with Crippen LogP contribution < -0.4 is 0 Å². The van der Waals surface area contributed by atoms with Crippen LogP contribution >= 0.6 is 23.4 Å². The molecule has 1 aliphatic heterocycles. The number of halogens is 2. The van der Waals surface area contributed by atoms with Crippen molar-refractivity contribution in [1.29, 1.82) is 5.26 Å². The van der Waals surface area contributed by atoms with Gasteiger partial charge in [0.1, 0.15) is 10.6 Å². The molecule has 0 amide bonds. The first-order chi connectivity index (χ1) is 9.08. The van der Waals surface area contributed by atoms with Crippen molar-refractivity contribution in [3.63, 3.8) is 0 Å². The minimum atomic E-state index is -0.258. The molecule has 0 atom stereocenters. The smallest absolute Gasteiger partial charge is 0.123 e. The maximum atomic E-state index is 13.2. The van der Waals surface area contributed by atoms with E-state index in [4.69, 9.17) is 11.6 Å². The second-order valence-electron chi connectivity index (χ2n) is 4.82. The molecule has 1 heterocycles. The summed E-state index contributed by atoms with van der Waals surface area (Å²) in [6, 6.07) is 6.88. The molecule has 0 unspecified atom stereocenters. The van der Waals surface area contributed by atoms with Crippen molar-refractivity contribution in [1.82, 2.24) is 4.90 Å². The molecule has 2 rings (SSSR count). The summed E-state index contributed by atoms with van der Waals surface area (Å²) in [6.07, 6.45) is 3.68. The van der Waals surface area contributed by atoms with Crippen LogP contribution in [0.3, 0.4) is 0 Å². The lowest BCUT2D eigenvalue weighted by atomic mass is 9.97. The van der Waals surface area contributed by atoms with E-state index < -0.39 is 0 Å². The fourth-order valence-electron chi connectivity index (χ4n) is 2.34. The Kier molecular flexibility index (Phi) is 4.72. The molecule has 102 valence electrons. The molecule has 0 aliphatic carbocycles. The van der Waals surface area contributed by atoms with Gasteiger partial charge in [0.2, 0.25) is 0 Å². The summed E-state index contributed by atoms with van der Waals surface area (Å²) in [5.74, 6) is -0.258. The Morgan fingerprint density at radius 3 is 2.74 bits per heavy atom. The zero-order valence-electron chi connectivity index (χ0n) is 10.8. The van der Waals surface area contributed by atoms with Gasteiger partial charge in [0, 0.05) is 24.7 Å². The van der Waals surface area contributed by atoms with Crippen LogP contribution in [0.25, 0.3) is 0 Å². The minimum absolute atomic E-state index is 0.248. The van der Waals surface area contributed by atoms with Crippen molar-refractivity contribution >= 4 is 23.4 Å². The molecule has 0 saturated carbocycles. The maximum absolute atomic E-state index is 13.2. The fraction of sp³-hybridized carbons (Fsp3) is 0.500. The third-order valence-corrected chi connectivity index (χ3v) is 5.31. The summed E-state index contributed by atoms with van der Waals surface area (Å²) in [5, 5.41) is 9.84.